The van der Waals surface area contributed by atoms with Gasteiger partial charge in [0.05, 0.1) is 6.42 Å². The van der Waals surface area contributed by atoms with E-state index in [1.54, 1.807) is 6.07 Å². The van der Waals surface area contributed by atoms with Gasteiger partial charge < -0.3 is 20.6 Å². The Labute approximate surface area is 219 Å². The van der Waals surface area contributed by atoms with Crippen LogP contribution in [-0.2, 0) is 22.4 Å². The van der Waals surface area contributed by atoms with Crippen molar-refractivity contribution in [2.45, 2.75) is 70.1 Å². The fourth-order valence-corrected chi connectivity index (χ4v) is 4.61. The lowest BCUT2D eigenvalue weighted by molar-refractivity contribution is -0.136. The molecule has 202 valence electrons. The van der Waals surface area contributed by atoms with E-state index in [1.807, 2.05) is 12.1 Å². The highest BCUT2D eigenvalue weighted by Crippen LogP contribution is 2.40. The van der Waals surface area contributed by atoms with Gasteiger partial charge in [-0.2, -0.15) is 0 Å². The highest BCUT2D eigenvalue weighted by atomic mass is 19.1. The van der Waals surface area contributed by atoms with Crippen LogP contribution >= 0.6 is 0 Å². The monoisotopic (exact) mass is 512 g/mol. The molecule has 3 aliphatic rings. The number of pyridine rings is 1. The Bertz CT molecular complexity index is 977. The first-order chi connectivity index (χ1) is 18.1. The fourth-order valence-electron chi connectivity index (χ4n) is 4.61. The van der Waals surface area contributed by atoms with Crippen molar-refractivity contribution in [3.63, 3.8) is 0 Å². The van der Waals surface area contributed by atoms with Gasteiger partial charge >= 0.3 is 5.97 Å². The molecule has 2 fully saturated rings. The number of nitrogens with one attached hydrogen (secondary N) is 2. The van der Waals surface area contributed by atoms with E-state index >= 15 is 0 Å². The SMILES string of the molecule is Fc1ccccc1C1CC1.O=CNCCC(=O)O.c1cc2c(nc1CCCN1CCCCC1)NCCC2. The molecular weight excluding hydrogens is 471 g/mol. The zero-order valence-corrected chi connectivity index (χ0v) is 21.8. The van der Waals surface area contributed by atoms with Gasteiger partial charge in [0.1, 0.15) is 11.6 Å². The number of carbonyl (C=O) groups excluding carboxylic acids is 1. The lowest BCUT2D eigenvalue weighted by Crippen LogP contribution is -2.30. The number of carboxylic acids is 1. The Morgan fingerprint density at radius 2 is 1.92 bits per heavy atom. The van der Waals surface area contributed by atoms with E-state index in [0.717, 1.165) is 24.3 Å². The maximum atomic E-state index is 12.9. The Hall–Kier alpha value is -3.00. The van der Waals surface area contributed by atoms with Gasteiger partial charge in [-0.05, 0) is 100 Å². The van der Waals surface area contributed by atoms with Crippen molar-refractivity contribution in [2.24, 2.45) is 0 Å². The van der Waals surface area contributed by atoms with Gasteiger partial charge in [0.2, 0.25) is 6.41 Å². The molecular formula is C29H41FN4O3. The summed E-state index contributed by atoms with van der Waals surface area (Å²) in [7, 11) is 0. The summed E-state index contributed by atoms with van der Waals surface area (Å²) in [5.41, 5.74) is 3.55. The molecule has 0 spiro atoms. The quantitative estimate of drug-likeness (QED) is 0.331. The predicted octanol–water partition coefficient (Wildman–Crippen LogP) is 4.77. The number of anilines is 1. The highest BCUT2D eigenvalue weighted by Gasteiger charge is 2.25. The number of amides is 1. The van der Waals surface area contributed by atoms with E-state index < -0.39 is 5.97 Å². The van der Waals surface area contributed by atoms with E-state index in [1.165, 1.54) is 88.3 Å². The van der Waals surface area contributed by atoms with Crippen LogP contribution in [0.1, 0.15) is 74.1 Å². The molecule has 0 atom stereocenters. The number of rotatable bonds is 9. The van der Waals surface area contributed by atoms with Crippen LogP contribution in [0.25, 0.3) is 0 Å². The first-order valence-electron chi connectivity index (χ1n) is 13.6. The molecule has 1 saturated heterocycles. The molecule has 1 aromatic heterocycles. The summed E-state index contributed by atoms with van der Waals surface area (Å²) in [5.74, 6) is 0.729. The average Bonchev–Trinajstić information content (AvgIpc) is 3.76. The molecule has 7 nitrogen and oxygen atoms in total. The molecule has 3 N–H and O–H groups in total. The number of likely N-dealkylation sites (tertiary alicyclic amines) is 1. The van der Waals surface area contributed by atoms with Crippen LogP contribution in [0.3, 0.4) is 0 Å². The summed E-state index contributed by atoms with van der Waals surface area (Å²) < 4.78 is 12.9. The number of carbonyl (C=O) groups is 2. The Balaban J connectivity index is 0.000000177. The van der Waals surface area contributed by atoms with Crippen LogP contribution in [0, 0.1) is 5.82 Å². The van der Waals surface area contributed by atoms with Crippen molar-refractivity contribution in [3.8, 4) is 0 Å². The van der Waals surface area contributed by atoms with Crippen molar-refractivity contribution >= 4 is 18.2 Å². The maximum Gasteiger partial charge on any atom is 0.305 e. The molecule has 1 saturated carbocycles. The van der Waals surface area contributed by atoms with Crippen LogP contribution in [0.4, 0.5) is 10.2 Å². The number of aromatic nitrogens is 1. The normalized spacial score (nSPS) is 16.6. The Morgan fingerprint density at radius 3 is 2.62 bits per heavy atom. The minimum atomic E-state index is -0.903. The Morgan fingerprint density at radius 1 is 1.14 bits per heavy atom. The van der Waals surface area contributed by atoms with E-state index in [2.05, 4.69) is 27.7 Å². The number of piperidine rings is 1. The number of halogens is 1. The molecule has 0 unspecified atom stereocenters. The zero-order chi connectivity index (χ0) is 26.3. The smallest absolute Gasteiger partial charge is 0.305 e. The number of nitrogens with zero attached hydrogens (tertiary/aromatic N) is 2. The van der Waals surface area contributed by atoms with Crippen LogP contribution in [0.15, 0.2) is 36.4 Å². The number of fused-ring (bicyclic) bond motifs is 1. The zero-order valence-electron chi connectivity index (χ0n) is 21.8. The number of hydrogen-bond acceptors (Lipinski definition) is 5. The lowest BCUT2D eigenvalue weighted by atomic mass is 10.1. The summed E-state index contributed by atoms with van der Waals surface area (Å²) in [6, 6.07) is 11.5. The minimum absolute atomic E-state index is 0.0151. The molecule has 2 aliphatic heterocycles. The van der Waals surface area contributed by atoms with Gasteiger partial charge in [0.25, 0.3) is 0 Å². The standard InChI is InChI=1S/C16H25N3.C9H9F.C4H7NO3/c1-2-11-19(12-3-1)13-5-7-15-9-8-14-6-4-10-17-16(14)18-15;10-9-4-2-1-3-8(9)7-5-6-7;6-3-5-2-1-4(7)8/h8-9H,1-7,10-13H2,(H,17,18);1-4,7H,5-6H2;3H,1-2H2,(H,5,6)(H,7,8). The molecule has 37 heavy (non-hydrogen) atoms. The van der Waals surface area contributed by atoms with Crippen molar-refractivity contribution in [3.05, 3.63) is 59.0 Å². The largest absolute Gasteiger partial charge is 0.481 e. The molecule has 8 heteroatoms. The number of benzene rings is 1. The highest BCUT2D eigenvalue weighted by molar-refractivity contribution is 5.67. The summed E-state index contributed by atoms with van der Waals surface area (Å²) in [6.45, 7) is 5.14. The number of carboxylic acid groups (broad SMARTS) is 1. The van der Waals surface area contributed by atoms with Crippen LogP contribution < -0.4 is 10.6 Å². The first-order valence-corrected chi connectivity index (χ1v) is 13.6. The summed E-state index contributed by atoms with van der Waals surface area (Å²) in [6.07, 6.45) is 11.8. The second kappa shape index (κ2) is 16.0. The topological polar surface area (TPSA) is 94.6 Å². The van der Waals surface area contributed by atoms with E-state index in [-0.39, 0.29) is 18.8 Å². The summed E-state index contributed by atoms with van der Waals surface area (Å²) >= 11 is 0. The van der Waals surface area contributed by atoms with E-state index in [4.69, 9.17) is 10.1 Å². The van der Waals surface area contributed by atoms with Gasteiger partial charge in [-0.25, -0.2) is 9.37 Å². The van der Waals surface area contributed by atoms with E-state index in [9.17, 15) is 14.0 Å². The third-order valence-electron chi connectivity index (χ3n) is 6.80. The molecule has 2 aromatic rings. The van der Waals surface area contributed by atoms with Crippen LogP contribution in [0.5, 0.6) is 0 Å². The van der Waals surface area contributed by atoms with Gasteiger partial charge in [-0.15, -0.1) is 0 Å². The van der Waals surface area contributed by atoms with Gasteiger partial charge in [-0.1, -0.05) is 30.7 Å². The molecule has 3 heterocycles. The van der Waals surface area contributed by atoms with E-state index in [0.29, 0.717) is 12.3 Å². The number of aryl methyl sites for hydroxylation is 2. The van der Waals surface area contributed by atoms with Gasteiger partial charge in [0, 0.05) is 18.8 Å². The third kappa shape index (κ3) is 10.9. The van der Waals surface area contributed by atoms with Crippen molar-refractivity contribution in [1.82, 2.24) is 15.2 Å². The minimum Gasteiger partial charge on any atom is -0.481 e. The van der Waals surface area contributed by atoms with Crippen molar-refractivity contribution < 1.29 is 19.1 Å². The van der Waals surface area contributed by atoms with Gasteiger partial charge in [0.15, 0.2) is 0 Å². The molecule has 5 rings (SSSR count). The van der Waals surface area contributed by atoms with Crippen LogP contribution in [0.2, 0.25) is 0 Å². The predicted molar refractivity (Wildman–Crippen MR) is 144 cm³/mol. The van der Waals surface area contributed by atoms with Crippen molar-refractivity contribution in [2.75, 3.05) is 38.0 Å². The summed E-state index contributed by atoms with van der Waals surface area (Å²) in [5, 5.41) is 13.6. The van der Waals surface area contributed by atoms with Gasteiger partial charge in [-0.3, -0.25) is 9.59 Å². The second-order valence-electron chi connectivity index (χ2n) is 9.86. The molecule has 0 radical (unpaired) electrons. The molecule has 1 amide bonds. The second-order valence-corrected chi connectivity index (χ2v) is 9.86. The molecule has 1 aliphatic carbocycles. The van der Waals surface area contributed by atoms with Crippen molar-refractivity contribution in [1.29, 1.82) is 0 Å². The number of aliphatic carboxylic acids is 1. The Kier molecular flexibility index (Phi) is 12.3. The average molecular weight is 513 g/mol. The maximum absolute atomic E-state index is 12.9. The third-order valence-corrected chi connectivity index (χ3v) is 6.80. The lowest BCUT2D eigenvalue weighted by Gasteiger charge is -2.26. The molecule has 1 aromatic carbocycles. The first kappa shape index (κ1) is 28.6. The summed E-state index contributed by atoms with van der Waals surface area (Å²) in [4.78, 5) is 26.6. The molecule has 0 bridgehead atoms. The number of hydrogen-bond donors (Lipinski definition) is 3. The fraction of sp³-hybridized carbons (Fsp3) is 0.552. The van der Waals surface area contributed by atoms with Crippen LogP contribution in [-0.4, -0.2) is 60.1 Å².